The van der Waals surface area contributed by atoms with Gasteiger partial charge in [-0.15, -0.1) is 0 Å². The third-order valence-electron chi connectivity index (χ3n) is 10.8. The molecule has 0 radical (unpaired) electrons. The van der Waals surface area contributed by atoms with Crippen molar-refractivity contribution in [2.24, 2.45) is 0 Å². The summed E-state index contributed by atoms with van der Waals surface area (Å²) in [6, 6.07) is 17.0. The zero-order chi connectivity index (χ0) is 52.4. The fourth-order valence-corrected chi connectivity index (χ4v) is 7.56. The molecule has 2 aromatic carbocycles. The average Bonchev–Trinajstić information content (AvgIpc) is 3.87. The Labute approximate surface area is 408 Å². The van der Waals surface area contributed by atoms with Gasteiger partial charge >= 0.3 is 12.4 Å². The van der Waals surface area contributed by atoms with E-state index in [1.54, 1.807) is 13.0 Å². The van der Waals surface area contributed by atoms with Gasteiger partial charge in [0.2, 0.25) is 0 Å². The molecule has 25 heteroatoms. The minimum Gasteiger partial charge on any atom is -0.487 e. The lowest BCUT2D eigenvalue weighted by molar-refractivity contribution is -0.137. The largest absolute Gasteiger partial charge is 0.487 e. The predicted molar refractivity (Wildman–Crippen MR) is 245 cm³/mol. The second-order valence-corrected chi connectivity index (χ2v) is 16.4. The summed E-state index contributed by atoms with van der Waals surface area (Å²) >= 11 is 0. The molecule has 6 aromatic heterocycles. The summed E-state index contributed by atoms with van der Waals surface area (Å²) in [7, 11) is 0. The zero-order valence-corrected chi connectivity index (χ0v) is 38.5. The van der Waals surface area contributed by atoms with Gasteiger partial charge in [0.15, 0.2) is 34.2 Å². The van der Waals surface area contributed by atoms with E-state index in [4.69, 9.17) is 14.2 Å². The van der Waals surface area contributed by atoms with Crippen LogP contribution in [0.5, 0.6) is 11.5 Å². The number of pyridine rings is 2. The molecule has 0 unspecified atom stereocenters. The fraction of sp³-hybridized carbons (Fsp3) is 0.250. The minimum atomic E-state index is -4.80. The van der Waals surface area contributed by atoms with Gasteiger partial charge in [0, 0.05) is 23.3 Å². The Hall–Kier alpha value is -8.13. The predicted octanol–water partition coefficient (Wildman–Crippen LogP) is 7.19. The SMILES string of the molecule is Cc1cc(COC[C@@H](O)COc2cc(-c3ccccc3C(F)(F)F)nn3c(C(=O)Nc4ccc(F)cn4)c(C)nc23)nc(NC(=O)c2c(C)nc3c(OC[C@H](O)CO)cc(-c4ccccc4C(F)(F)F)nn23)c1. The van der Waals surface area contributed by atoms with Crippen molar-refractivity contribution >= 4 is 34.7 Å². The van der Waals surface area contributed by atoms with E-state index in [1.165, 1.54) is 74.5 Å². The number of aryl methyl sites for hydroxylation is 3. The maximum atomic E-state index is 14.2. The normalized spacial score (nSPS) is 12.8. The van der Waals surface area contributed by atoms with Crippen LogP contribution in [0.3, 0.4) is 0 Å². The summed E-state index contributed by atoms with van der Waals surface area (Å²) in [5.41, 5.74) is -2.79. The first-order valence-electron chi connectivity index (χ1n) is 21.8. The number of anilines is 2. The quantitative estimate of drug-likeness (QED) is 0.0569. The molecule has 0 aliphatic rings. The van der Waals surface area contributed by atoms with Crippen LogP contribution in [0.15, 0.2) is 91.1 Å². The number of ether oxygens (including phenoxy) is 3. The molecule has 380 valence electrons. The second kappa shape index (κ2) is 20.9. The molecule has 8 aromatic rings. The number of aromatic nitrogens is 8. The summed E-state index contributed by atoms with van der Waals surface area (Å²) in [5, 5.41) is 44.2. The highest BCUT2D eigenvalue weighted by molar-refractivity contribution is 6.05. The van der Waals surface area contributed by atoms with E-state index in [9.17, 15) is 55.6 Å². The van der Waals surface area contributed by atoms with E-state index in [-0.39, 0.29) is 98.6 Å². The molecule has 0 saturated heterocycles. The third kappa shape index (κ3) is 11.5. The van der Waals surface area contributed by atoms with Crippen molar-refractivity contribution in [3.05, 3.63) is 142 Å². The number of aliphatic hydroxyl groups excluding tert-OH is 3. The molecular weight excluding hydrogens is 978 g/mol. The number of rotatable bonds is 17. The summed E-state index contributed by atoms with van der Waals surface area (Å²) < 4.78 is 118. The molecule has 6 heterocycles. The fourth-order valence-electron chi connectivity index (χ4n) is 7.56. The minimum absolute atomic E-state index is 0.0181. The maximum Gasteiger partial charge on any atom is 0.417 e. The van der Waals surface area contributed by atoms with E-state index in [0.717, 1.165) is 33.4 Å². The molecule has 0 fully saturated rings. The molecule has 73 heavy (non-hydrogen) atoms. The Morgan fingerprint density at radius 3 is 1.66 bits per heavy atom. The number of nitrogens with one attached hydrogen (secondary N) is 2. The highest BCUT2D eigenvalue weighted by Gasteiger charge is 2.36. The Balaban J connectivity index is 0.998. The van der Waals surface area contributed by atoms with Crippen molar-refractivity contribution in [2.45, 2.75) is 51.9 Å². The summed E-state index contributed by atoms with van der Waals surface area (Å²) in [6.45, 7) is 2.36. The number of alkyl halides is 6. The van der Waals surface area contributed by atoms with Crippen LogP contribution in [0.25, 0.3) is 33.8 Å². The standard InChI is InChI=1S/C48H41F7N10O8/c1-24-14-28(59-40(15-24)61-46(70)42-26(3)58-43-37(72-22-29(67)19-66)16-35(63-65(42)43)31-8-4-6-10-33(31)47(50,51)52)20-71-21-30(68)23-73-38-17-36(32-9-5-7-11-34(32)48(53,54)55)62-64-41(25(2)57-44(38)64)45(69)60-39-13-12-27(49)18-56-39/h4-18,29-30,66-68H,19-23H2,1-3H3,(H,56,60,69)(H,59,61,70)/t29-,30-/m1/s1. The number of carbonyl (C=O) groups is 2. The number of fused-ring (bicyclic) bond motifs is 2. The molecule has 2 atom stereocenters. The van der Waals surface area contributed by atoms with Gasteiger partial charge in [0.05, 0.1) is 65.6 Å². The Kier molecular flexibility index (Phi) is 14.7. The first-order valence-corrected chi connectivity index (χ1v) is 21.8. The lowest BCUT2D eigenvalue weighted by atomic mass is 10.0. The van der Waals surface area contributed by atoms with Gasteiger partial charge in [0.25, 0.3) is 11.8 Å². The second-order valence-electron chi connectivity index (χ2n) is 16.4. The van der Waals surface area contributed by atoms with E-state index in [2.05, 4.69) is 40.8 Å². The van der Waals surface area contributed by atoms with E-state index < -0.39 is 73.1 Å². The number of hydrogen-bond acceptors (Lipinski definition) is 14. The number of nitrogens with zero attached hydrogens (tertiary/aromatic N) is 8. The van der Waals surface area contributed by atoms with Crippen LogP contribution in [0.2, 0.25) is 0 Å². The summed E-state index contributed by atoms with van der Waals surface area (Å²) in [6.07, 6.45) is -11.4. The van der Waals surface area contributed by atoms with Crippen LogP contribution in [0.1, 0.15) is 54.7 Å². The molecule has 0 spiro atoms. The maximum absolute atomic E-state index is 14.2. The van der Waals surface area contributed by atoms with Crippen molar-refractivity contribution in [3.63, 3.8) is 0 Å². The van der Waals surface area contributed by atoms with Crippen molar-refractivity contribution in [3.8, 4) is 34.0 Å². The van der Waals surface area contributed by atoms with Crippen molar-refractivity contribution in [2.75, 3.05) is 37.1 Å². The number of halogens is 7. The number of aliphatic hydroxyl groups is 3. The first-order chi connectivity index (χ1) is 34.7. The van der Waals surface area contributed by atoms with Gasteiger partial charge in [0.1, 0.15) is 42.9 Å². The van der Waals surface area contributed by atoms with E-state index in [1.807, 2.05) is 0 Å². The molecule has 0 aliphatic heterocycles. The average molecular weight is 1020 g/mol. The lowest BCUT2D eigenvalue weighted by Crippen LogP contribution is -2.24. The van der Waals surface area contributed by atoms with Gasteiger partial charge in [-0.3, -0.25) is 9.59 Å². The van der Waals surface area contributed by atoms with Gasteiger partial charge in [-0.05, 0) is 62.7 Å². The Morgan fingerprint density at radius 2 is 1.16 bits per heavy atom. The van der Waals surface area contributed by atoms with Crippen LogP contribution in [0.4, 0.5) is 42.4 Å². The zero-order valence-electron chi connectivity index (χ0n) is 38.5. The van der Waals surface area contributed by atoms with Crippen LogP contribution in [0, 0.1) is 26.6 Å². The van der Waals surface area contributed by atoms with Crippen LogP contribution < -0.4 is 20.1 Å². The molecule has 8 rings (SSSR count). The number of hydrogen-bond donors (Lipinski definition) is 5. The molecule has 5 N–H and O–H groups in total. The number of benzene rings is 2. The number of carbonyl (C=O) groups excluding carboxylic acids is 2. The number of imidazole rings is 2. The van der Waals surface area contributed by atoms with Gasteiger partial charge in [-0.25, -0.2) is 33.4 Å². The van der Waals surface area contributed by atoms with Crippen molar-refractivity contribution in [1.82, 2.24) is 39.2 Å². The van der Waals surface area contributed by atoms with Crippen LogP contribution in [-0.2, 0) is 23.7 Å². The monoisotopic (exact) mass is 1020 g/mol. The van der Waals surface area contributed by atoms with Gasteiger partial charge < -0.3 is 40.2 Å². The lowest BCUT2D eigenvalue weighted by Gasteiger charge is -2.16. The van der Waals surface area contributed by atoms with Crippen LogP contribution >= 0.6 is 0 Å². The Bertz CT molecular complexity index is 3350. The topological polar surface area (TPSA) is 233 Å². The third-order valence-corrected chi connectivity index (χ3v) is 10.8. The summed E-state index contributed by atoms with van der Waals surface area (Å²) in [4.78, 5) is 44.6. The van der Waals surface area contributed by atoms with E-state index >= 15 is 0 Å². The summed E-state index contributed by atoms with van der Waals surface area (Å²) in [5.74, 6) is -2.63. The van der Waals surface area contributed by atoms with Gasteiger partial charge in [-0.2, -0.15) is 36.5 Å². The first kappa shape index (κ1) is 51.2. The highest BCUT2D eigenvalue weighted by Crippen LogP contribution is 2.40. The molecule has 0 aliphatic carbocycles. The molecular formula is C48H41F7N10O8. The van der Waals surface area contributed by atoms with Crippen LogP contribution in [-0.4, -0.2) is 105 Å². The molecule has 0 saturated carbocycles. The Morgan fingerprint density at radius 1 is 0.658 bits per heavy atom. The van der Waals surface area contributed by atoms with E-state index in [0.29, 0.717) is 5.56 Å². The van der Waals surface area contributed by atoms with Crippen molar-refractivity contribution in [1.29, 1.82) is 0 Å². The smallest absolute Gasteiger partial charge is 0.417 e. The highest BCUT2D eigenvalue weighted by atomic mass is 19.4. The number of amides is 2. The van der Waals surface area contributed by atoms with Crippen molar-refractivity contribution < 1.29 is 69.9 Å². The molecule has 0 bridgehead atoms. The van der Waals surface area contributed by atoms with Gasteiger partial charge in [-0.1, -0.05) is 36.4 Å². The molecule has 18 nitrogen and oxygen atoms in total. The molecule has 2 amide bonds.